The third kappa shape index (κ3) is 3.49. The second-order valence-corrected chi connectivity index (χ2v) is 2.96. The zero-order chi connectivity index (χ0) is 9.45. The van der Waals surface area contributed by atoms with Crippen molar-refractivity contribution in [2.45, 2.75) is 0 Å². The first-order valence-corrected chi connectivity index (χ1v) is 3.82. The number of aliphatic hydroxyl groups excluding tert-OH is 1. The number of hydrogen-bond donors (Lipinski definition) is 1. The molecule has 0 spiro atoms. The molecule has 0 aromatic rings. The second-order valence-electron chi connectivity index (χ2n) is 2.96. The fourth-order valence-corrected chi connectivity index (χ4v) is 1.18. The molecule has 0 aliphatic rings. The van der Waals surface area contributed by atoms with Crippen molar-refractivity contribution in [1.82, 2.24) is 0 Å². The molecular weight excluding hydrogens is 160 g/mol. The molecule has 0 saturated heterocycles. The van der Waals surface area contributed by atoms with Gasteiger partial charge in [-0.3, -0.25) is 0 Å². The molecule has 74 valence electrons. The number of rotatable bonds is 7. The molecule has 0 aliphatic heterocycles. The first-order valence-electron chi connectivity index (χ1n) is 3.82. The van der Waals surface area contributed by atoms with Gasteiger partial charge < -0.3 is 19.3 Å². The zero-order valence-corrected chi connectivity index (χ0v) is 8.00. The summed E-state index contributed by atoms with van der Waals surface area (Å²) in [5, 5.41) is 9.13. The molecule has 0 heterocycles. The van der Waals surface area contributed by atoms with Crippen molar-refractivity contribution >= 4 is 0 Å². The van der Waals surface area contributed by atoms with Crippen molar-refractivity contribution in [3.05, 3.63) is 0 Å². The third-order valence-electron chi connectivity index (χ3n) is 1.69. The molecule has 0 atom stereocenters. The Morgan fingerprint density at radius 1 is 0.917 bits per heavy atom. The summed E-state index contributed by atoms with van der Waals surface area (Å²) in [6.07, 6.45) is 0. The number of ether oxygens (including phenoxy) is 3. The predicted molar refractivity (Wildman–Crippen MR) is 45.1 cm³/mol. The van der Waals surface area contributed by atoms with Gasteiger partial charge in [-0.2, -0.15) is 0 Å². The summed E-state index contributed by atoms with van der Waals surface area (Å²) in [4.78, 5) is 0. The Labute approximate surface area is 73.4 Å². The van der Waals surface area contributed by atoms with Crippen molar-refractivity contribution < 1.29 is 19.3 Å². The van der Waals surface area contributed by atoms with Crippen LogP contribution in [0.3, 0.4) is 0 Å². The number of aliphatic hydroxyl groups is 1. The van der Waals surface area contributed by atoms with E-state index in [0.29, 0.717) is 19.8 Å². The van der Waals surface area contributed by atoms with Crippen molar-refractivity contribution in [3.63, 3.8) is 0 Å². The SMILES string of the molecule is COCC(CO)(COC)COC. The van der Waals surface area contributed by atoms with E-state index in [-0.39, 0.29) is 6.61 Å². The maximum Gasteiger partial charge on any atom is 0.0634 e. The van der Waals surface area contributed by atoms with Crippen LogP contribution in [0.15, 0.2) is 0 Å². The molecule has 0 aromatic carbocycles. The van der Waals surface area contributed by atoms with Gasteiger partial charge in [0.05, 0.1) is 31.8 Å². The normalized spacial score (nSPS) is 12.0. The van der Waals surface area contributed by atoms with Gasteiger partial charge >= 0.3 is 0 Å². The van der Waals surface area contributed by atoms with E-state index in [1.165, 1.54) is 0 Å². The van der Waals surface area contributed by atoms with Gasteiger partial charge in [0.1, 0.15) is 0 Å². The Morgan fingerprint density at radius 2 is 1.25 bits per heavy atom. The molecule has 0 aromatic heterocycles. The fraction of sp³-hybridized carbons (Fsp3) is 1.00. The van der Waals surface area contributed by atoms with Crippen LogP contribution < -0.4 is 0 Å². The van der Waals surface area contributed by atoms with Crippen molar-refractivity contribution in [2.24, 2.45) is 5.41 Å². The Kier molecular flexibility index (Phi) is 6.28. The smallest absolute Gasteiger partial charge is 0.0634 e. The standard InChI is InChI=1S/C8H18O4/c1-10-5-8(4-9,6-11-2)7-12-3/h9H,4-7H2,1-3H3. The lowest BCUT2D eigenvalue weighted by atomic mass is 9.92. The van der Waals surface area contributed by atoms with Crippen LogP contribution in [-0.2, 0) is 14.2 Å². The topological polar surface area (TPSA) is 47.9 Å². The van der Waals surface area contributed by atoms with E-state index in [9.17, 15) is 0 Å². The molecule has 0 saturated carbocycles. The molecule has 4 nitrogen and oxygen atoms in total. The van der Waals surface area contributed by atoms with E-state index in [1.54, 1.807) is 21.3 Å². The molecule has 0 radical (unpaired) electrons. The maximum atomic E-state index is 9.13. The molecule has 0 amide bonds. The fourth-order valence-electron chi connectivity index (χ4n) is 1.18. The van der Waals surface area contributed by atoms with Crippen LogP contribution in [0.5, 0.6) is 0 Å². The third-order valence-corrected chi connectivity index (χ3v) is 1.69. The van der Waals surface area contributed by atoms with Crippen LogP contribution in [0.1, 0.15) is 0 Å². The largest absolute Gasteiger partial charge is 0.396 e. The molecule has 0 fully saturated rings. The minimum atomic E-state index is -0.418. The summed E-state index contributed by atoms with van der Waals surface area (Å²) >= 11 is 0. The molecule has 1 N–H and O–H groups in total. The lowest BCUT2D eigenvalue weighted by Crippen LogP contribution is -2.39. The summed E-state index contributed by atoms with van der Waals surface area (Å²) in [5.41, 5.74) is -0.418. The van der Waals surface area contributed by atoms with Crippen LogP contribution in [0, 0.1) is 5.41 Å². The van der Waals surface area contributed by atoms with Gasteiger partial charge in [0.15, 0.2) is 0 Å². The Balaban J connectivity index is 4.06. The zero-order valence-electron chi connectivity index (χ0n) is 8.00. The van der Waals surface area contributed by atoms with Crippen LogP contribution in [0.25, 0.3) is 0 Å². The summed E-state index contributed by atoms with van der Waals surface area (Å²) in [6.45, 7) is 1.31. The lowest BCUT2D eigenvalue weighted by molar-refractivity contribution is -0.0669. The van der Waals surface area contributed by atoms with Crippen LogP contribution in [0.4, 0.5) is 0 Å². The molecule has 0 unspecified atom stereocenters. The van der Waals surface area contributed by atoms with E-state index in [2.05, 4.69) is 0 Å². The lowest BCUT2D eigenvalue weighted by Gasteiger charge is -2.29. The highest BCUT2D eigenvalue weighted by molar-refractivity contribution is 4.77. The summed E-state index contributed by atoms with van der Waals surface area (Å²) in [6, 6.07) is 0. The van der Waals surface area contributed by atoms with Crippen molar-refractivity contribution in [1.29, 1.82) is 0 Å². The van der Waals surface area contributed by atoms with Crippen LogP contribution in [-0.4, -0.2) is 52.9 Å². The second kappa shape index (κ2) is 6.37. The minimum Gasteiger partial charge on any atom is -0.396 e. The first kappa shape index (κ1) is 11.8. The van der Waals surface area contributed by atoms with Crippen LogP contribution in [0.2, 0.25) is 0 Å². The van der Waals surface area contributed by atoms with E-state index in [4.69, 9.17) is 19.3 Å². The first-order chi connectivity index (χ1) is 5.74. The van der Waals surface area contributed by atoms with E-state index in [0.717, 1.165) is 0 Å². The van der Waals surface area contributed by atoms with E-state index in [1.807, 2.05) is 0 Å². The number of methoxy groups -OCH3 is 3. The van der Waals surface area contributed by atoms with Gasteiger partial charge in [-0.25, -0.2) is 0 Å². The molecule has 0 aliphatic carbocycles. The quantitative estimate of drug-likeness (QED) is 0.591. The molecule has 0 bridgehead atoms. The van der Waals surface area contributed by atoms with Gasteiger partial charge in [-0.1, -0.05) is 0 Å². The average Bonchev–Trinajstić information content (AvgIpc) is 2.06. The maximum absolute atomic E-state index is 9.13. The Morgan fingerprint density at radius 3 is 1.42 bits per heavy atom. The summed E-state index contributed by atoms with van der Waals surface area (Å²) < 4.78 is 15.0. The molecular formula is C8H18O4. The van der Waals surface area contributed by atoms with Gasteiger partial charge in [0.2, 0.25) is 0 Å². The van der Waals surface area contributed by atoms with Gasteiger partial charge in [0, 0.05) is 21.3 Å². The summed E-state index contributed by atoms with van der Waals surface area (Å²) in [7, 11) is 4.78. The van der Waals surface area contributed by atoms with Gasteiger partial charge in [-0.05, 0) is 0 Å². The predicted octanol–water partition coefficient (Wildman–Crippen LogP) is -0.0957. The highest BCUT2D eigenvalue weighted by Gasteiger charge is 2.29. The average molecular weight is 178 g/mol. The Bertz CT molecular complexity index is 88.2. The van der Waals surface area contributed by atoms with Crippen molar-refractivity contribution in [3.8, 4) is 0 Å². The summed E-state index contributed by atoms with van der Waals surface area (Å²) in [5.74, 6) is 0. The molecule has 12 heavy (non-hydrogen) atoms. The Hall–Kier alpha value is -0.160. The van der Waals surface area contributed by atoms with Crippen LogP contribution >= 0.6 is 0 Å². The van der Waals surface area contributed by atoms with Gasteiger partial charge in [-0.15, -0.1) is 0 Å². The number of hydrogen-bond acceptors (Lipinski definition) is 4. The highest BCUT2D eigenvalue weighted by atomic mass is 16.5. The highest BCUT2D eigenvalue weighted by Crippen LogP contribution is 2.17. The van der Waals surface area contributed by atoms with E-state index >= 15 is 0 Å². The monoisotopic (exact) mass is 178 g/mol. The van der Waals surface area contributed by atoms with Gasteiger partial charge in [0.25, 0.3) is 0 Å². The van der Waals surface area contributed by atoms with Crippen molar-refractivity contribution in [2.75, 3.05) is 47.8 Å². The molecule has 4 heteroatoms. The van der Waals surface area contributed by atoms with E-state index < -0.39 is 5.41 Å². The minimum absolute atomic E-state index is 0.00250. The molecule has 0 rings (SSSR count).